The minimum absolute atomic E-state index is 0.0126. The van der Waals surface area contributed by atoms with Crippen LogP contribution >= 0.6 is 0 Å². The highest BCUT2D eigenvalue weighted by Crippen LogP contribution is 2.17. The molecular formula is C18H34N2O4. The number of carbonyl (C=O) groups excluding carboxylic acids is 2. The molecule has 0 unspecified atom stereocenters. The summed E-state index contributed by atoms with van der Waals surface area (Å²) < 4.78 is 0. The van der Waals surface area contributed by atoms with Gasteiger partial charge in [-0.15, -0.1) is 0 Å². The molecule has 0 saturated heterocycles. The first-order valence-electron chi connectivity index (χ1n) is 8.91. The van der Waals surface area contributed by atoms with E-state index < -0.39 is 12.0 Å². The number of Topliss-reactive ketones (excluding diaryl/α,β-unsaturated/α-hetero) is 1. The van der Waals surface area contributed by atoms with Gasteiger partial charge >= 0.3 is 5.97 Å². The van der Waals surface area contributed by atoms with Crippen LogP contribution in [-0.2, 0) is 14.4 Å². The molecule has 6 heteroatoms. The van der Waals surface area contributed by atoms with Crippen molar-refractivity contribution in [1.82, 2.24) is 10.6 Å². The van der Waals surface area contributed by atoms with E-state index in [9.17, 15) is 14.4 Å². The van der Waals surface area contributed by atoms with E-state index in [1.54, 1.807) is 6.92 Å². The number of ketones is 1. The van der Waals surface area contributed by atoms with Gasteiger partial charge < -0.3 is 20.5 Å². The molecule has 0 saturated carbocycles. The third-order valence-electron chi connectivity index (χ3n) is 4.00. The van der Waals surface area contributed by atoms with Crippen LogP contribution in [0.5, 0.6) is 0 Å². The molecule has 0 aliphatic rings. The Morgan fingerprint density at radius 2 is 1.62 bits per heavy atom. The molecule has 24 heavy (non-hydrogen) atoms. The zero-order chi connectivity index (χ0) is 18.7. The van der Waals surface area contributed by atoms with E-state index in [-0.39, 0.29) is 29.6 Å². The molecule has 0 aliphatic heterocycles. The van der Waals surface area contributed by atoms with Gasteiger partial charge in [0.2, 0.25) is 5.91 Å². The molecule has 0 rings (SSSR count). The quantitative estimate of drug-likeness (QED) is 0.447. The van der Waals surface area contributed by atoms with Gasteiger partial charge in [-0.1, -0.05) is 27.7 Å². The van der Waals surface area contributed by atoms with Crippen LogP contribution < -0.4 is 10.6 Å². The number of hydrogen-bond donors (Lipinski definition) is 3. The molecule has 0 aliphatic carbocycles. The SMILES string of the molecule is CC(=O)CC[C@H](C(=O)NCCCC[C@H](NC(C)C)C(=O)O)C(C)C. The highest BCUT2D eigenvalue weighted by atomic mass is 16.4. The average Bonchev–Trinajstić information content (AvgIpc) is 2.44. The molecular weight excluding hydrogens is 308 g/mol. The lowest BCUT2D eigenvalue weighted by Gasteiger charge is -2.20. The van der Waals surface area contributed by atoms with Crippen molar-refractivity contribution in [3.63, 3.8) is 0 Å². The highest BCUT2D eigenvalue weighted by molar-refractivity contribution is 5.80. The first-order chi connectivity index (χ1) is 11.1. The molecule has 2 atom stereocenters. The number of nitrogens with one attached hydrogen (secondary N) is 2. The van der Waals surface area contributed by atoms with E-state index in [4.69, 9.17) is 5.11 Å². The summed E-state index contributed by atoms with van der Waals surface area (Å²) >= 11 is 0. The number of aliphatic carboxylic acids is 1. The third-order valence-corrected chi connectivity index (χ3v) is 4.00. The summed E-state index contributed by atoms with van der Waals surface area (Å²) in [6, 6.07) is -0.418. The maximum absolute atomic E-state index is 12.2. The molecule has 0 fully saturated rings. The Hall–Kier alpha value is -1.43. The fraction of sp³-hybridized carbons (Fsp3) is 0.833. The number of hydrogen-bond acceptors (Lipinski definition) is 4. The van der Waals surface area contributed by atoms with Crippen molar-refractivity contribution in [2.75, 3.05) is 6.54 Å². The number of carboxylic acids is 1. The Balaban J connectivity index is 4.13. The van der Waals surface area contributed by atoms with Crippen LogP contribution in [0.4, 0.5) is 0 Å². The standard InChI is InChI=1S/C18H34N2O4/c1-12(2)15(10-9-14(5)21)17(22)19-11-7-6-8-16(18(23)24)20-13(3)4/h12-13,15-16,20H,6-11H2,1-5H3,(H,19,22)(H,23,24)/t15-,16-/m0/s1. The normalized spacial score (nSPS) is 13.8. The Bertz CT molecular complexity index is 408. The summed E-state index contributed by atoms with van der Waals surface area (Å²) in [6.45, 7) is 9.89. The number of carbonyl (C=O) groups is 3. The smallest absolute Gasteiger partial charge is 0.320 e. The summed E-state index contributed by atoms with van der Waals surface area (Å²) in [6.07, 6.45) is 3.03. The van der Waals surface area contributed by atoms with Crippen molar-refractivity contribution in [3.05, 3.63) is 0 Å². The second-order valence-electron chi connectivity index (χ2n) is 7.09. The third kappa shape index (κ3) is 10.4. The van der Waals surface area contributed by atoms with E-state index in [0.29, 0.717) is 25.8 Å². The van der Waals surface area contributed by atoms with E-state index in [1.807, 2.05) is 27.7 Å². The lowest BCUT2D eigenvalue weighted by Crippen LogP contribution is -2.41. The molecule has 0 aromatic rings. The first-order valence-corrected chi connectivity index (χ1v) is 8.91. The zero-order valence-corrected chi connectivity index (χ0v) is 15.7. The monoisotopic (exact) mass is 342 g/mol. The minimum atomic E-state index is -0.836. The van der Waals surface area contributed by atoms with E-state index >= 15 is 0 Å². The van der Waals surface area contributed by atoms with E-state index in [1.165, 1.54) is 0 Å². The predicted molar refractivity (Wildman–Crippen MR) is 94.8 cm³/mol. The largest absolute Gasteiger partial charge is 0.480 e. The number of amides is 1. The number of rotatable bonds is 13. The second kappa shape index (κ2) is 12.0. The van der Waals surface area contributed by atoms with Gasteiger partial charge in [0.1, 0.15) is 11.8 Å². The van der Waals surface area contributed by atoms with Gasteiger partial charge in [0.25, 0.3) is 0 Å². The Morgan fingerprint density at radius 1 is 1.00 bits per heavy atom. The van der Waals surface area contributed by atoms with Gasteiger partial charge in [-0.2, -0.15) is 0 Å². The summed E-state index contributed by atoms with van der Waals surface area (Å²) in [7, 11) is 0. The van der Waals surface area contributed by atoms with Crippen molar-refractivity contribution in [3.8, 4) is 0 Å². The Kier molecular flexibility index (Phi) is 11.3. The average molecular weight is 342 g/mol. The van der Waals surface area contributed by atoms with Crippen LogP contribution in [0.2, 0.25) is 0 Å². The summed E-state index contributed by atoms with van der Waals surface area (Å²) in [5.41, 5.74) is 0. The van der Waals surface area contributed by atoms with Crippen LogP contribution in [-0.4, -0.2) is 41.4 Å². The zero-order valence-electron chi connectivity index (χ0n) is 15.7. The molecule has 0 heterocycles. The van der Waals surface area contributed by atoms with Gasteiger partial charge in [0.05, 0.1) is 0 Å². The topological polar surface area (TPSA) is 95.5 Å². The maximum atomic E-state index is 12.2. The Labute approximate surface area is 145 Å². The first kappa shape index (κ1) is 22.6. The summed E-state index contributed by atoms with van der Waals surface area (Å²) in [4.78, 5) is 34.5. The number of unbranched alkanes of at least 4 members (excludes halogenated alkanes) is 1. The molecule has 6 nitrogen and oxygen atoms in total. The van der Waals surface area contributed by atoms with E-state index in [2.05, 4.69) is 10.6 Å². The Morgan fingerprint density at radius 3 is 2.08 bits per heavy atom. The van der Waals surface area contributed by atoms with Crippen molar-refractivity contribution in [1.29, 1.82) is 0 Å². The van der Waals surface area contributed by atoms with Crippen molar-refractivity contribution >= 4 is 17.7 Å². The van der Waals surface area contributed by atoms with Gasteiger partial charge in [0, 0.05) is 24.9 Å². The summed E-state index contributed by atoms with van der Waals surface area (Å²) in [5, 5.41) is 15.1. The molecule has 0 aromatic heterocycles. The van der Waals surface area contributed by atoms with Gasteiger partial charge in [-0.3, -0.25) is 9.59 Å². The summed E-state index contributed by atoms with van der Waals surface area (Å²) in [5.74, 6) is -0.705. The van der Waals surface area contributed by atoms with Gasteiger partial charge in [-0.25, -0.2) is 0 Å². The second-order valence-corrected chi connectivity index (χ2v) is 7.09. The molecule has 0 bridgehead atoms. The van der Waals surface area contributed by atoms with E-state index in [0.717, 1.165) is 12.8 Å². The van der Waals surface area contributed by atoms with Crippen LogP contribution in [0.3, 0.4) is 0 Å². The van der Waals surface area contributed by atoms with Crippen LogP contribution in [0.1, 0.15) is 66.7 Å². The van der Waals surface area contributed by atoms with Crippen molar-refractivity contribution < 1.29 is 19.5 Å². The van der Waals surface area contributed by atoms with Crippen LogP contribution in [0.25, 0.3) is 0 Å². The van der Waals surface area contributed by atoms with Crippen LogP contribution in [0.15, 0.2) is 0 Å². The molecule has 1 amide bonds. The molecule has 0 aromatic carbocycles. The molecule has 0 radical (unpaired) electrons. The van der Waals surface area contributed by atoms with Crippen LogP contribution in [0, 0.1) is 11.8 Å². The molecule has 140 valence electrons. The maximum Gasteiger partial charge on any atom is 0.320 e. The minimum Gasteiger partial charge on any atom is -0.480 e. The van der Waals surface area contributed by atoms with Gasteiger partial charge in [0.15, 0.2) is 0 Å². The highest BCUT2D eigenvalue weighted by Gasteiger charge is 2.22. The molecule has 0 spiro atoms. The lowest BCUT2D eigenvalue weighted by molar-refractivity contribution is -0.140. The van der Waals surface area contributed by atoms with Crippen molar-refractivity contribution in [2.45, 2.75) is 78.8 Å². The van der Waals surface area contributed by atoms with Crippen molar-refractivity contribution in [2.24, 2.45) is 11.8 Å². The predicted octanol–water partition coefficient (Wildman–Crippen LogP) is 2.37. The molecule has 3 N–H and O–H groups in total. The lowest BCUT2D eigenvalue weighted by atomic mass is 9.89. The fourth-order valence-electron chi connectivity index (χ4n) is 2.62. The number of carboxylic acid groups (broad SMARTS) is 1. The fourth-order valence-corrected chi connectivity index (χ4v) is 2.62. The van der Waals surface area contributed by atoms with Gasteiger partial charge in [-0.05, 0) is 38.5 Å².